The molecule has 0 radical (unpaired) electrons. The molecule has 3 aliphatic heterocycles. The largest absolute Gasteiger partial charge is 0.477 e. The fourth-order valence-corrected chi connectivity index (χ4v) is 7.17. The third kappa shape index (κ3) is 4.72. The Balaban J connectivity index is 1.91. The maximum Gasteiger partial charge on any atom is 0.410 e. The van der Waals surface area contributed by atoms with Gasteiger partial charge < -0.3 is 24.1 Å². The van der Waals surface area contributed by atoms with E-state index in [2.05, 4.69) is 40.4 Å². The number of allylic oxidation sites excluding steroid dienone is 1. The molecule has 2 saturated heterocycles. The number of nitrogens with zero attached hydrogens (tertiary/aromatic N) is 2. The summed E-state index contributed by atoms with van der Waals surface area (Å²) in [7, 11) is -1.49. The van der Waals surface area contributed by atoms with E-state index in [0.29, 0.717) is 12.1 Å². The fourth-order valence-electron chi connectivity index (χ4n) is 5.69. The molecule has 0 bridgehead atoms. The first-order valence-corrected chi connectivity index (χ1v) is 15.2. The van der Waals surface area contributed by atoms with Gasteiger partial charge in [-0.3, -0.25) is 4.79 Å². The zero-order chi connectivity index (χ0) is 26.3. The molecular formula is C26H40N2O6Si. The summed E-state index contributed by atoms with van der Waals surface area (Å²) in [5.41, 5.74) is -0.367. The molecule has 5 atom stereocenters. The molecule has 1 N–H and O–H groups in total. The maximum absolute atomic E-state index is 13.5. The average Bonchev–Trinajstić information content (AvgIpc) is 3.30. The highest BCUT2D eigenvalue weighted by Gasteiger charge is 2.66. The van der Waals surface area contributed by atoms with Crippen LogP contribution in [0.4, 0.5) is 4.79 Å². The molecule has 0 aromatic carbocycles. The maximum atomic E-state index is 13.5. The van der Waals surface area contributed by atoms with Gasteiger partial charge in [0.05, 0.1) is 23.6 Å². The highest BCUT2D eigenvalue weighted by Crippen LogP contribution is 2.55. The number of rotatable bonds is 8. The van der Waals surface area contributed by atoms with Crippen LogP contribution < -0.4 is 0 Å². The second kappa shape index (κ2) is 9.93. The number of carboxylic acids is 1. The molecule has 0 aromatic heterocycles. The van der Waals surface area contributed by atoms with E-state index in [1.54, 1.807) is 11.0 Å². The SMILES string of the molecule is C=CCOC(=O)N1CCC[C@H]1/C=C/C1=C(C(=O)O)N2C(=O)[C@H]([C@@](C)(O[SiH](C)C)C(C)(C)C)[C@H]2[C@H]1C. The molecular weight excluding hydrogens is 464 g/mol. The molecule has 2 amide bonds. The van der Waals surface area contributed by atoms with Gasteiger partial charge in [-0.15, -0.1) is 0 Å². The lowest BCUT2D eigenvalue weighted by atomic mass is 9.62. The van der Waals surface area contributed by atoms with Crippen molar-refractivity contribution >= 4 is 27.0 Å². The summed E-state index contributed by atoms with van der Waals surface area (Å²) in [5.74, 6) is -1.91. The van der Waals surface area contributed by atoms with Crippen molar-refractivity contribution in [2.24, 2.45) is 17.3 Å². The van der Waals surface area contributed by atoms with Crippen molar-refractivity contribution in [2.45, 2.75) is 78.2 Å². The van der Waals surface area contributed by atoms with Crippen LogP contribution in [0.2, 0.25) is 13.1 Å². The van der Waals surface area contributed by atoms with Crippen LogP contribution in [0.15, 0.2) is 36.1 Å². The van der Waals surface area contributed by atoms with Gasteiger partial charge in [0.25, 0.3) is 0 Å². The van der Waals surface area contributed by atoms with Crippen molar-refractivity contribution in [3.05, 3.63) is 36.1 Å². The number of carboxylic acid groups (broad SMARTS) is 1. The third-order valence-electron chi connectivity index (χ3n) is 7.78. The number of likely N-dealkylation sites (tertiary alicyclic amines) is 1. The van der Waals surface area contributed by atoms with Crippen LogP contribution in [-0.2, 0) is 18.8 Å². The molecule has 3 aliphatic rings. The number of hydrogen-bond donors (Lipinski definition) is 1. The second-order valence-electron chi connectivity index (χ2n) is 11.2. The minimum Gasteiger partial charge on any atom is -0.477 e. The van der Waals surface area contributed by atoms with E-state index in [1.807, 2.05) is 19.9 Å². The summed E-state index contributed by atoms with van der Waals surface area (Å²) < 4.78 is 11.7. The van der Waals surface area contributed by atoms with Crippen LogP contribution in [0.25, 0.3) is 0 Å². The summed E-state index contributed by atoms with van der Waals surface area (Å²) in [5, 5.41) is 10.1. The zero-order valence-electron chi connectivity index (χ0n) is 22.0. The fraction of sp³-hybridized carbons (Fsp3) is 0.654. The molecule has 0 aromatic rings. The van der Waals surface area contributed by atoms with E-state index < -0.39 is 32.6 Å². The van der Waals surface area contributed by atoms with Crippen LogP contribution in [0, 0.1) is 17.3 Å². The van der Waals surface area contributed by atoms with Crippen LogP contribution >= 0.6 is 0 Å². The summed E-state index contributed by atoms with van der Waals surface area (Å²) in [6.07, 6.45) is 6.41. The molecule has 194 valence electrons. The van der Waals surface area contributed by atoms with Gasteiger partial charge in [-0.1, -0.05) is 52.5 Å². The molecule has 8 nitrogen and oxygen atoms in total. The van der Waals surface area contributed by atoms with Crippen LogP contribution in [-0.4, -0.2) is 72.8 Å². The molecule has 0 unspecified atom stereocenters. The Bertz CT molecular complexity index is 952. The predicted octanol–water partition coefficient (Wildman–Crippen LogP) is 3.95. The Kier molecular flexibility index (Phi) is 7.72. The predicted molar refractivity (Wildman–Crippen MR) is 136 cm³/mol. The lowest BCUT2D eigenvalue weighted by Gasteiger charge is -2.57. The summed E-state index contributed by atoms with van der Waals surface area (Å²) in [6.45, 7) is 18.7. The number of β-lactam (4-membered cyclic amide) rings is 1. The third-order valence-corrected chi connectivity index (χ3v) is 8.74. The lowest BCUT2D eigenvalue weighted by molar-refractivity contribution is -0.183. The number of hydrogen-bond acceptors (Lipinski definition) is 5. The van der Waals surface area contributed by atoms with Crippen molar-refractivity contribution in [3.63, 3.8) is 0 Å². The number of amides is 2. The number of carbonyl (C=O) groups is 3. The molecule has 0 saturated carbocycles. The Morgan fingerprint density at radius 1 is 1.26 bits per heavy atom. The van der Waals surface area contributed by atoms with Crippen molar-refractivity contribution in [3.8, 4) is 0 Å². The molecule has 35 heavy (non-hydrogen) atoms. The first kappa shape index (κ1) is 27.2. The van der Waals surface area contributed by atoms with Gasteiger partial charge in [0.15, 0.2) is 9.04 Å². The standard InChI is InChI=1S/C26H40N2O6Si/c1-9-15-33-24(32)27-14-10-11-17(27)12-13-18-16(2)20-19(22(29)28(20)21(18)23(30)31)26(6,25(3,4)5)34-35(7)8/h9,12-13,16-17,19-20,35H,1,10-11,14-15H2,2-8H3,(H,30,31)/b13-12+/t16-,17-,19+,20+,26+/m0/s1. The molecule has 9 heteroatoms. The Morgan fingerprint density at radius 3 is 2.46 bits per heavy atom. The first-order chi connectivity index (χ1) is 16.3. The van der Waals surface area contributed by atoms with Gasteiger partial charge in [0, 0.05) is 12.5 Å². The highest BCUT2D eigenvalue weighted by atomic mass is 28.3. The van der Waals surface area contributed by atoms with Crippen molar-refractivity contribution in [1.82, 2.24) is 9.80 Å². The quantitative estimate of drug-likeness (QED) is 0.305. The van der Waals surface area contributed by atoms with Gasteiger partial charge in [-0.25, -0.2) is 9.59 Å². The van der Waals surface area contributed by atoms with Gasteiger partial charge >= 0.3 is 12.1 Å². The van der Waals surface area contributed by atoms with Gasteiger partial charge in [0.2, 0.25) is 5.91 Å². The van der Waals surface area contributed by atoms with Crippen LogP contribution in [0.5, 0.6) is 0 Å². The number of ether oxygens (including phenoxy) is 1. The topological polar surface area (TPSA) is 96.4 Å². The normalized spacial score (nSPS) is 28.4. The number of aliphatic carboxylic acids is 1. The van der Waals surface area contributed by atoms with Crippen LogP contribution in [0.3, 0.4) is 0 Å². The monoisotopic (exact) mass is 504 g/mol. The summed E-state index contributed by atoms with van der Waals surface area (Å²) in [4.78, 5) is 41.3. The Labute approximate surface area is 210 Å². The Morgan fingerprint density at radius 2 is 1.91 bits per heavy atom. The lowest BCUT2D eigenvalue weighted by Crippen LogP contribution is -2.71. The molecule has 0 spiro atoms. The minimum absolute atomic E-state index is 0.0387. The van der Waals surface area contributed by atoms with Crippen molar-refractivity contribution in [1.29, 1.82) is 0 Å². The van der Waals surface area contributed by atoms with Gasteiger partial charge in [-0.05, 0) is 43.8 Å². The van der Waals surface area contributed by atoms with E-state index in [1.165, 1.54) is 11.0 Å². The molecule has 3 heterocycles. The highest BCUT2D eigenvalue weighted by molar-refractivity contribution is 6.48. The van der Waals surface area contributed by atoms with E-state index in [4.69, 9.17) is 9.16 Å². The number of fused-ring (bicyclic) bond motifs is 1. The Hall–Kier alpha value is -2.39. The van der Waals surface area contributed by atoms with Gasteiger partial charge in [0.1, 0.15) is 12.3 Å². The minimum atomic E-state index is -1.49. The van der Waals surface area contributed by atoms with Crippen molar-refractivity contribution in [2.75, 3.05) is 13.2 Å². The molecule has 0 aliphatic carbocycles. The number of carbonyl (C=O) groups excluding carboxylic acids is 2. The second-order valence-corrected chi connectivity index (χ2v) is 13.6. The smallest absolute Gasteiger partial charge is 0.410 e. The average molecular weight is 505 g/mol. The van der Waals surface area contributed by atoms with E-state index in [0.717, 1.165) is 12.8 Å². The van der Waals surface area contributed by atoms with E-state index >= 15 is 0 Å². The molecule has 2 fully saturated rings. The van der Waals surface area contributed by atoms with Crippen LogP contribution in [0.1, 0.15) is 47.5 Å². The van der Waals surface area contributed by atoms with Crippen molar-refractivity contribution < 1.29 is 28.7 Å². The zero-order valence-corrected chi connectivity index (χ0v) is 23.2. The van der Waals surface area contributed by atoms with Gasteiger partial charge in [-0.2, -0.15) is 0 Å². The van der Waals surface area contributed by atoms with E-state index in [-0.39, 0.29) is 41.6 Å². The summed E-state index contributed by atoms with van der Waals surface area (Å²) in [6, 6.07) is -0.459. The first-order valence-electron chi connectivity index (χ1n) is 12.5. The van der Waals surface area contributed by atoms with E-state index in [9.17, 15) is 19.5 Å². The summed E-state index contributed by atoms with van der Waals surface area (Å²) >= 11 is 0. The molecule has 3 rings (SSSR count).